The summed E-state index contributed by atoms with van der Waals surface area (Å²) in [6, 6.07) is -0.798. The number of likely N-dealkylation sites (N-methyl/N-ethyl adjacent to an activating group) is 1. The van der Waals surface area contributed by atoms with Crippen molar-refractivity contribution >= 4 is 13.7 Å². The minimum Gasteiger partial charge on any atom is -0.756 e. The van der Waals surface area contributed by atoms with Gasteiger partial charge in [-0.15, -0.1) is 0 Å². The van der Waals surface area contributed by atoms with Gasteiger partial charge in [-0.05, 0) is 12.8 Å². The largest absolute Gasteiger partial charge is 0.756 e. The van der Waals surface area contributed by atoms with E-state index in [0.717, 1.165) is 38.5 Å². The van der Waals surface area contributed by atoms with E-state index in [1.807, 2.05) is 21.1 Å². The highest BCUT2D eigenvalue weighted by Gasteiger charge is 2.24. The molecule has 0 fully saturated rings. The number of nitrogens with one attached hydrogen (secondary N) is 1. The molecule has 0 spiro atoms. The fraction of sp³-hybridized carbons (Fsp3) is 0.988. The molecule has 1 amide bonds. The molecule has 0 aromatic carbocycles. The van der Waals surface area contributed by atoms with Crippen LogP contribution in [0.5, 0.6) is 0 Å². The molecule has 0 aliphatic carbocycles. The number of amides is 1. The molecule has 0 aromatic heterocycles. The van der Waals surface area contributed by atoms with Gasteiger partial charge in [-0.25, -0.2) is 0 Å². The maximum absolute atomic E-state index is 13.1. The van der Waals surface area contributed by atoms with Crippen molar-refractivity contribution in [3.05, 3.63) is 0 Å². The maximum atomic E-state index is 13.1. The summed E-state index contributed by atoms with van der Waals surface area (Å²) in [5.74, 6) is -0.151. The molecule has 0 bridgehead atoms. The molecule has 0 saturated carbocycles. The van der Waals surface area contributed by atoms with E-state index in [9.17, 15) is 19.4 Å². The summed E-state index contributed by atoms with van der Waals surface area (Å²) in [4.78, 5) is 25.8. The first-order chi connectivity index (χ1) is 45.5. The van der Waals surface area contributed by atoms with Crippen LogP contribution >= 0.6 is 7.82 Å². The number of carbonyl (C=O) groups excluding carboxylic acids is 1. The molecule has 0 rings (SSSR count). The van der Waals surface area contributed by atoms with Gasteiger partial charge in [0.1, 0.15) is 13.2 Å². The number of unbranched alkanes of at least 4 members (excludes halogenated alkanes) is 69. The number of aliphatic hydroxyl groups is 1. The molecular formula is C84H171N2O6P. The molecule has 0 radical (unpaired) electrons. The summed E-state index contributed by atoms with van der Waals surface area (Å²) in [5.41, 5.74) is 0. The Morgan fingerprint density at radius 1 is 0.333 bits per heavy atom. The second-order valence-electron chi connectivity index (χ2n) is 31.3. The van der Waals surface area contributed by atoms with Crippen molar-refractivity contribution in [1.29, 1.82) is 0 Å². The third kappa shape index (κ3) is 78.7. The average molecular weight is 1340 g/mol. The fourth-order valence-corrected chi connectivity index (χ4v) is 14.7. The van der Waals surface area contributed by atoms with Crippen molar-refractivity contribution in [1.82, 2.24) is 5.32 Å². The Balaban J connectivity index is 3.84. The van der Waals surface area contributed by atoms with Crippen LogP contribution in [0.2, 0.25) is 0 Å². The van der Waals surface area contributed by atoms with E-state index in [1.54, 1.807) is 0 Å². The zero-order chi connectivity index (χ0) is 67.6. The molecular weight excluding hydrogens is 1160 g/mol. The number of rotatable bonds is 82. The van der Waals surface area contributed by atoms with E-state index < -0.39 is 20.0 Å². The number of hydrogen-bond acceptors (Lipinski definition) is 6. The number of nitrogens with zero attached hydrogens (tertiary/aromatic N) is 1. The molecule has 0 aliphatic rings. The third-order valence-electron chi connectivity index (χ3n) is 20.6. The molecule has 3 unspecified atom stereocenters. The van der Waals surface area contributed by atoms with Crippen LogP contribution in [0, 0.1) is 0 Å². The Bertz CT molecular complexity index is 1480. The predicted octanol–water partition coefficient (Wildman–Crippen LogP) is 27.6. The molecule has 0 aliphatic heterocycles. The highest BCUT2D eigenvalue weighted by Crippen LogP contribution is 2.38. The van der Waals surface area contributed by atoms with Crippen molar-refractivity contribution in [2.75, 3.05) is 40.9 Å². The summed E-state index contributed by atoms with van der Waals surface area (Å²) < 4.78 is 23.6. The summed E-state index contributed by atoms with van der Waals surface area (Å²) >= 11 is 0. The van der Waals surface area contributed by atoms with E-state index in [4.69, 9.17) is 9.05 Å². The number of phosphoric acid groups is 1. The van der Waals surface area contributed by atoms with E-state index in [2.05, 4.69) is 19.2 Å². The Hall–Kier alpha value is -0.500. The first kappa shape index (κ1) is 92.5. The zero-order valence-electron chi connectivity index (χ0n) is 64.3. The Morgan fingerprint density at radius 2 is 0.527 bits per heavy atom. The van der Waals surface area contributed by atoms with Crippen LogP contribution < -0.4 is 10.2 Å². The van der Waals surface area contributed by atoms with E-state index >= 15 is 0 Å². The van der Waals surface area contributed by atoms with E-state index in [1.165, 1.54) is 417 Å². The number of quaternary nitrogens is 1. The fourth-order valence-electron chi connectivity index (χ4n) is 14.0. The molecule has 0 aromatic rings. The number of carbonyl (C=O) groups is 1. The van der Waals surface area contributed by atoms with Gasteiger partial charge in [0.25, 0.3) is 7.82 Å². The lowest BCUT2D eigenvalue weighted by Crippen LogP contribution is -2.46. The molecule has 8 nitrogen and oxygen atoms in total. The quantitative estimate of drug-likeness (QED) is 0.0357. The second-order valence-corrected chi connectivity index (χ2v) is 32.7. The van der Waals surface area contributed by atoms with Crippen molar-refractivity contribution in [3.63, 3.8) is 0 Å². The van der Waals surface area contributed by atoms with Gasteiger partial charge in [0.05, 0.1) is 39.9 Å². The topological polar surface area (TPSA) is 108 Å². The van der Waals surface area contributed by atoms with Gasteiger partial charge in [-0.1, -0.05) is 463 Å². The van der Waals surface area contributed by atoms with Crippen LogP contribution in [-0.2, 0) is 18.4 Å². The first-order valence-corrected chi connectivity index (χ1v) is 44.3. The lowest BCUT2D eigenvalue weighted by molar-refractivity contribution is -0.870. The van der Waals surface area contributed by atoms with Crippen LogP contribution in [0.25, 0.3) is 0 Å². The number of phosphoric ester groups is 1. The molecule has 558 valence electrons. The van der Waals surface area contributed by atoms with E-state index in [-0.39, 0.29) is 19.1 Å². The van der Waals surface area contributed by atoms with Crippen molar-refractivity contribution in [3.8, 4) is 0 Å². The standard InChI is InChI=1S/C84H171N2O6P/c1-6-8-10-12-14-16-18-20-22-24-26-28-30-32-34-36-38-40-41-42-43-44-45-46-48-50-52-54-56-58-60-62-64-66-68-70-72-74-76-78-84(88)85-82(81-92-93(89,90)91-80-79-86(3,4)5)83(87)77-75-73-71-69-67-65-63-61-59-57-55-53-51-49-47-39-37-35-33-31-29-27-25-23-21-19-17-15-13-11-9-7-2/h82-83,87H,6-81H2,1-5H3,(H-,85,88,89,90). The minimum atomic E-state index is -4.58. The van der Waals surface area contributed by atoms with Gasteiger partial charge in [0, 0.05) is 6.42 Å². The summed E-state index contributed by atoms with van der Waals surface area (Å²) in [6.07, 6.45) is 98.4. The molecule has 2 N–H and O–H groups in total. The normalized spacial score (nSPS) is 13.3. The van der Waals surface area contributed by atoms with Gasteiger partial charge in [-0.2, -0.15) is 0 Å². The zero-order valence-corrected chi connectivity index (χ0v) is 65.2. The minimum absolute atomic E-state index is 0.0172. The van der Waals surface area contributed by atoms with Crippen molar-refractivity contribution in [2.45, 2.75) is 495 Å². The Morgan fingerprint density at radius 3 is 0.731 bits per heavy atom. The Labute approximate surface area is 584 Å². The highest BCUT2D eigenvalue weighted by atomic mass is 31.2. The van der Waals surface area contributed by atoms with Gasteiger partial charge in [0.15, 0.2) is 0 Å². The number of aliphatic hydroxyl groups excluding tert-OH is 1. The van der Waals surface area contributed by atoms with Gasteiger partial charge in [0.2, 0.25) is 5.91 Å². The van der Waals surface area contributed by atoms with Crippen molar-refractivity contribution in [2.24, 2.45) is 0 Å². The number of hydrogen-bond donors (Lipinski definition) is 2. The molecule has 93 heavy (non-hydrogen) atoms. The first-order valence-electron chi connectivity index (χ1n) is 42.9. The van der Waals surface area contributed by atoms with Crippen LogP contribution in [0.1, 0.15) is 483 Å². The maximum Gasteiger partial charge on any atom is 0.268 e. The Kier molecular flexibility index (Phi) is 75.3. The van der Waals surface area contributed by atoms with E-state index in [0.29, 0.717) is 23.9 Å². The smallest absolute Gasteiger partial charge is 0.268 e. The average Bonchev–Trinajstić information content (AvgIpc) is 1.94. The van der Waals surface area contributed by atoms with Crippen LogP contribution in [0.3, 0.4) is 0 Å². The lowest BCUT2D eigenvalue weighted by Gasteiger charge is -2.30. The monoisotopic (exact) mass is 1340 g/mol. The molecule has 0 saturated heterocycles. The second kappa shape index (κ2) is 75.7. The van der Waals surface area contributed by atoms with Crippen LogP contribution in [-0.4, -0.2) is 68.5 Å². The lowest BCUT2D eigenvalue weighted by atomic mass is 10.0. The van der Waals surface area contributed by atoms with Crippen LogP contribution in [0.4, 0.5) is 0 Å². The summed E-state index contributed by atoms with van der Waals surface area (Å²) in [6.45, 7) is 4.82. The third-order valence-corrected chi connectivity index (χ3v) is 21.6. The van der Waals surface area contributed by atoms with Gasteiger partial charge in [-0.3, -0.25) is 9.36 Å². The molecule has 0 heterocycles. The SMILES string of the molecule is CCCCCCCCCCCCCCCCCCCCCCCCCCCCCCCCCCCCCCCCCC(=O)NC(COP(=O)([O-])OCC[N+](C)(C)C)C(O)CCCCCCCCCCCCCCCCCCCCCCCCCCCCCCCCCC. The molecule has 3 atom stereocenters. The highest BCUT2D eigenvalue weighted by molar-refractivity contribution is 7.45. The summed E-state index contributed by atoms with van der Waals surface area (Å²) in [5, 5.41) is 14.2. The molecule has 9 heteroatoms. The van der Waals surface area contributed by atoms with Crippen LogP contribution in [0.15, 0.2) is 0 Å². The van der Waals surface area contributed by atoms with Gasteiger partial charge >= 0.3 is 0 Å². The van der Waals surface area contributed by atoms with Crippen molar-refractivity contribution < 1.29 is 32.9 Å². The summed E-state index contributed by atoms with van der Waals surface area (Å²) in [7, 11) is 1.34. The predicted molar refractivity (Wildman–Crippen MR) is 409 cm³/mol. The van der Waals surface area contributed by atoms with Gasteiger partial charge < -0.3 is 28.8 Å².